The van der Waals surface area contributed by atoms with E-state index in [-0.39, 0.29) is 18.0 Å². The van der Waals surface area contributed by atoms with E-state index in [0.717, 1.165) is 10.7 Å². The molecule has 1 heterocycles. The van der Waals surface area contributed by atoms with Crippen molar-refractivity contribution < 1.29 is 14.3 Å². The van der Waals surface area contributed by atoms with E-state index in [1.165, 1.54) is 11.8 Å². The Kier molecular flexibility index (Phi) is 7.01. The molecule has 1 aliphatic heterocycles. The molecule has 0 bridgehead atoms. The van der Waals surface area contributed by atoms with Gasteiger partial charge in [0.05, 0.1) is 23.6 Å². The van der Waals surface area contributed by atoms with E-state index in [1.54, 1.807) is 18.1 Å². The summed E-state index contributed by atoms with van der Waals surface area (Å²) in [6.07, 6.45) is 1.81. The average molecular weight is 397 g/mol. The molecule has 2 rings (SSSR count). The number of aliphatic imine (C=N–C) groups is 1. The summed E-state index contributed by atoms with van der Waals surface area (Å²) in [7, 11) is 1.56. The van der Waals surface area contributed by atoms with Crippen molar-refractivity contribution in [1.82, 2.24) is 4.90 Å². The van der Waals surface area contributed by atoms with E-state index < -0.39 is 0 Å². The van der Waals surface area contributed by atoms with Gasteiger partial charge in [0.2, 0.25) is 0 Å². The highest BCUT2D eigenvalue weighted by Crippen LogP contribution is 2.39. The number of carbonyl (C=O) groups is 1. The minimum atomic E-state index is -0.0478. The second-order valence-electron chi connectivity index (χ2n) is 6.35. The summed E-state index contributed by atoms with van der Waals surface area (Å²) in [6.45, 7) is 10.3. The molecule has 0 unspecified atom stereocenters. The fraction of sp³-hybridized carbons (Fsp3) is 0.474. The molecule has 0 atom stereocenters. The lowest BCUT2D eigenvalue weighted by atomic mass is 10.1. The van der Waals surface area contributed by atoms with E-state index in [4.69, 9.17) is 21.1 Å². The lowest BCUT2D eigenvalue weighted by Gasteiger charge is -2.20. The van der Waals surface area contributed by atoms with Crippen molar-refractivity contribution in [1.29, 1.82) is 0 Å². The topological polar surface area (TPSA) is 51.1 Å². The summed E-state index contributed by atoms with van der Waals surface area (Å²) in [4.78, 5) is 19.7. The lowest BCUT2D eigenvalue weighted by Crippen LogP contribution is -2.35. The quantitative estimate of drug-likeness (QED) is 0.646. The van der Waals surface area contributed by atoms with E-state index >= 15 is 0 Å². The minimum absolute atomic E-state index is 0.0388. The van der Waals surface area contributed by atoms with Crippen LogP contribution in [0.1, 0.15) is 40.2 Å². The second-order valence-corrected chi connectivity index (χ2v) is 7.77. The summed E-state index contributed by atoms with van der Waals surface area (Å²) >= 11 is 7.71. The van der Waals surface area contributed by atoms with Gasteiger partial charge in [0, 0.05) is 12.1 Å². The smallest absolute Gasteiger partial charge is 0.266 e. The number of thioether (sulfide) groups is 1. The normalized spacial score (nSPS) is 17.9. The van der Waals surface area contributed by atoms with Gasteiger partial charge in [-0.3, -0.25) is 14.7 Å². The van der Waals surface area contributed by atoms with Crippen LogP contribution in [0.3, 0.4) is 0 Å². The molecule has 0 aliphatic carbocycles. The van der Waals surface area contributed by atoms with Crippen LogP contribution in [-0.4, -0.2) is 41.8 Å². The number of amidine groups is 1. The number of carbonyl (C=O) groups excluding carboxylic acids is 1. The molecular weight excluding hydrogens is 372 g/mol. The van der Waals surface area contributed by atoms with Crippen LogP contribution in [0.5, 0.6) is 11.5 Å². The van der Waals surface area contributed by atoms with Crippen LogP contribution in [0.15, 0.2) is 22.0 Å². The highest BCUT2D eigenvalue weighted by molar-refractivity contribution is 8.18. The molecule has 142 valence electrons. The Hall–Kier alpha value is -1.66. The monoisotopic (exact) mass is 396 g/mol. The highest BCUT2D eigenvalue weighted by atomic mass is 35.5. The maximum atomic E-state index is 12.8. The van der Waals surface area contributed by atoms with Gasteiger partial charge in [-0.15, -0.1) is 0 Å². The number of methoxy groups -OCH3 is 1. The molecule has 1 amide bonds. The van der Waals surface area contributed by atoms with E-state index in [0.29, 0.717) is 28.0 Å². The molecule has 0 aromatic heterocycles. The molecule has 5 nitrogen and oxygen atoms in total. The van der Waals surface area contributed by atoms with Gasteiger partial charge in [-0.2, -0.15) is 0 Å². The second kappa shape index (κ2) is 8.82. The maximum absolute atomic E-state index is 12.8. The molecule has 0 N–H and O–H groups in total. The average Bonchev–Trinajstić information content (AvgIpc) is 2.84. The standard InChI is InChI=1S/C19H25ClN2O3S/c1-7-25-17-14(20)8-13(9-15(17)24-6)10-16-18(23)22(12(4)5)19(26-16)21-11(2)3/h8-12H,7H2,1-6H3/b16-10+,21-19?. The largest absolute Gasteiger partial charge is 0.493 e. The zero-order valence-corrected chi connectivity index (χ0v) is 17.6. The van der Waals surface area contributed by atoms with Gasteiger partial charge in [-0.1, -0.05) is 11.6 Å². The lowest BCUT2D eigenvalue weighted by molar-refractivity contribution is -0.123. The van der Waals surface area contributed by atoms with Gasteiger partial charge < -0.3 is 9.47 Å². The van der Waals surface area contributed by atoms with Crippen molar-refractivity contribution in [2.75, 3.05) is 13.7 Å². The Labute approximate surface area is 164 Å². The maximum Gasteiger partial charge on any atom is 0.266 e. The highest BCUT2D eigenvalue weighted by Gasteiger charge is 2.35. The summed E-state index contributed by atoms with van der Waals surface area (Å²) in [5, 5.41) is 1.18. The number of ether oxygens (including phenoxy) is 2. The third kappa shape index (κ3) is 4.54. The first-order chi connectivity index (χ1) is 12.3. The Morgan fingerprint density at radius 1 is 1.31 bits per heavy atom. The van der Waals surface area contributed by atoms with Crippen molar-refractivity contribution in [3.05, 3.63) is 27.6 Å². The Balaban J connectivity index is 2.43. The van der Waals surface area contributed by atoms with Crippen LogP contribution >= 0.6 is 23.4 Å². The number of rotatable bonds is 6. The Morgan fingerprint density at radius 3 is 2.54 bits per heavy atom. The SMILES string of the molecule is CCOc1c(Cl)cc(/C=C2/SC(=NC(C)C)N(C(C)C)C2=O)cc1OC. The van der Waals surface area contributed by atoms with Gasteiger partial charge in [0.1, 0.15) is 0 Å². The number of hydrogen-bond acceptors (Lipinski definition) is 5. The predicted molar refractivity (Wildman–Crippen MR) is 109 cm³/mol. The van der Waals surface area contributed by atoms with Crippen molar-refractivity contribution in [2.45, 2.75) is 46.7 Å². The first-order valence-corrected chi connectivity index (χ1v) is 9.79. The third-order valence-electron chi connectivity index (χ3n) is 3.56. The molecule has 7 heteroatoms. The van der Waals surface area contributed by atoms with Gasteiger partial charge >= 0.3 is 0 Å². The number of amides is 1. The van der Waals surface area contributed by atoms with Gasteiger partial charge in [0.15, 0.2) is 16.7 Å². The summed E-state index contributed by atoms with van der Waals surface area (Å²) in [6, 6.07) is 3.74. The molecule has 26 heavy (non-hydrogen) atoms. The van der Waals surface area contributed by atoms with Gasteiger partial charge in [0.25, 0.3) is 5.91 Å². The summed E-state index contributed by atoms with van der Waals surface area (Å²) < 4.78 is 10.9. The van der Waals surface area contributed by atoms with Crippen LogP contribution in [-0.2, 0) is 4.79 Å². The van der Waals surface area contributed by atoms with E-state index in [2.05, 4.69) is 4.99 Å². The molecule has 1 saturated heterocycles. The van der Waals surface area contributed by atoms with Crippen LogP contribution in [0.2, 0.25) is 5.02 Å². The summed E-state index contributed by atoms with van der Waals surface area (Å²) in [5.74, 6) is 1.00. The van der Waals surface area contributed by atoms with E-state index in [1.807, 2.05) is 46.8 Å². The van der Waals surface area contributed by atoms with Crippen molar-refractivity contribution in [2.24, 2.45) is 4.99 Å². The van der Waals surface area contributed by atoms with Crippen LogP contribution < -0.4 is 9.47 Å². The van der Waals surface area contributed by atoms with Crippen molar-refractivity contribution in [3.63, 3.8) is 0 Å². The Bertz CT molecular complexity index is 745. The number of halogens is 1. The molecule has 0 spiro atoms. The van der Waals surface area contributed by atoms with E-state index in [9.17, 15) is 4.79 Å². The molecule has 1 aromatic rings. The summed E-state index contributed by atoms with van der Waals surface area (Å²) in [5.41, 5.74) is 0.778. The molecule has 0 saturated carbocycles. The van der Waals surface area contributed by atoms with Crippen LogP contribution in [0.25, 0.3) is 6.08 Å². The molecule has 0 radical (unpaired) electrons. The molecule has 1 fully saturated rings. The molecule has 1 aliphatic rings. The Morgan fingerprint density at radius 2 is 2.00 bits per heavy atom. The molecular formula is C19H25ClN2O3S. The van der Waals surface area contributed by atoms with Crippen molar-refractivity contribution >= 4 is 40.5 Å². The third-order valence-corrected chi connectivity index (χ3v) is 4.84. The van der Waals surface area contributed by atoms with Crippen LogP contribution in [0.4, 0.5) is 0 Å². The van der Waals surface area contributed by atoms with Crippen LogP contribution in [0, 0.1) is 0 Å². The predicted octanol–water partition coefficient (Wildman–Crippen LogP) is 4.84. The fourth-order valence-electron chi connectivity index (χ4n) is 2.51. The van der Waals surface area contributed by atoms with Crippen molar-refractivity contribution in [3.8, 4) is 11.5 Å². The number of hydrogen-bond donors (Lipinski definition) is 0. The minimum Gasteiger partial charge on any atom is -0.493 e. The first-order valence-electron chi connectivity index (χ1n) is 8.59. The fourth-order valence-corrected chi connectivity index (χ4v) is 4.02. The number of nitrogens with zero attached hydrogens (tertiary/aromatic N) is 2. The zero-order valence-electron chi connectivity index (χ0n) is 16.0. The number of benzene rings is 1. The van der Waals surface area contributed by atoms with Gasteiger partial charge in [-0.05, 0) is 70.2 Å². The van der Waals surface area contributed by atoms with Gasteiger partial charge in [-0.25, -0.2) is 0 Å². The zero-order chi connectivity index (χ0) is 19.4. The molecule has 1 aromatic carbocycles. The first kappa shape index (κ1) is 20.6.